The molecule has 20 heavy (non-hydrogen) atoms. The summed E-state index contributed by atoms with van der Waals surface area (Å²) in [7, 11) is 0. The number of hydrogen-bond acceptors (Lipinski definition) is 4. The number of hydrogen-bond donors (Lipinski definition) is 2. The summed E-state index contributed by atoms with van der Waals surface area (Å²) in [5.74, 6) is -1.25. The molecule has 1 amide bonds. The summed E-state index contributed by atoms with van der Waals surface area (Å²) in [6.07, 6.45) is 1.34. The lowest BCUT2D eigenvalue weighted by atomic mass is 10.2. The fraction of sp³-hybridized carbons (Fsp3) is 0.429. The molecule has 6 heteroatoms. The molecule has 0 aromatic heterocycles. The van der Waals surface area contributed by atoms with Crippen LogP contribution < -0.4 is 5.32 Å². The smallest absolute Gasteiger partial charge is 0.332 e. The van der Waals surface area contributed by atoms with E-state index in [9.17, 15) is 9.59 Å². The Morgan fingerprint density at radius 3 is 2.50 bits per heavy atom. The first-order valence-electron chi connectivity index (χ1n) is 6.39. The highest BCUT2D eigenvalue weighted by molar-refractivity contribution is 7.98. The van der Waals surface area contributed by atoms with Crippen molar-refractivity contribution in [3.05, 3.63) is 29.8 Å². The van der Waals surface area contributed by atoms with Crippen LogP contribution in [0.5, 0.6) is 0 Å². The van der Waals surface area contributed by atoms with Gasteiger partial charge in [0.2, 0.25) is 5.91 Å². The summed E-state index contributed by atoms with van der Waals surface area (Å²) in [5.41, 5.74) is 1.00. The maximum Gasteiger partial charge on any atom is 0.332 e. The van der Waals surface area contributed by atoms with Gasteiger partial charge in [0.15, 0.2) is 6.10 Å². The molecule has 1 aliphatic heterocycles. The minimum Gasteiger partial charge on any atom is -0.479 e. The first-order chi connectivity index (χ1) is 9.60. The molecule has 0 unspecified atom stereocenters. The highest BCUT2D eigenvalue weighted by atomic mass is 32.2. The average Bonchev–Trinajstić information content (AvgIpc) is 2.95. The molecule has 2 N–H and O–H groups in total. The number of amides is 1. The minimum absolute atomic E-state index is 0.248. The maximum absolute atomic E-state index is 11.9. The molecule has 1 fully saturated rings. The summed E-state index contributed by atoms with van der Waals surface area (Å²) in [6, 6.07) is 7.92. The molecule has 1 heterocycles. The quantitative estimate of drug-likeness (QED) is 0.808. The number of rotatable bonds is 5. The molecule has 1 aromatic carbocycles. The van der Waals surface area contributed by atoms with Gasteiger partial charge in [-0.2, -0.15) is 0 Å². The molecule has 0 spiro atoms. The fourth-order valence-corrected chi connectivity index (χ4v) is 2.47. The van der Waals surface area contributed by atoms with E-state index in [-0.39, 0.29) is 5.91 Å². The number of benzene rings is 1. The first-order valence-corrected chi connectivity index (χ1v) is 7.61. The Hall–Kier alpha value is -1.53. The number of carbonyl (C=O) groups excluding carboxylic acids is 1. The topological polar surface area (TPSA) is 75.6 Å². The second kappa shape index (κ2) is 6.76. The van der Waals surface area contributed by atoms with Crippen LogP contribution in [0.2, 0.25) is 0 Å². The van der Waals surface area contributed by atoms with Gasteiger partial charge in [0.1, 0.15) is 6.10 Å². The van der Waals surface area contributed by atoms with Crippen molar-refractivity contribution in [2.75, 3.05) is 6.26 Å². The number of carboxylic acid groups (broad SMARTS) is 1. The number of carbonyl (C=O) groups is 2. The Morgan fingerprint density at radius 2 is 1.95 bits per heavy atom. The van der Waals surface area contributed by atoms with Crippen LogP contribution in [0.1, 0.15) is 18.4 Å². The Bertz CT molecular complexity index is 488. The van der Waals surface area contributed by atoms with Gasteiger partial charge in [0.25, 0.3) is 0 Å². The van der Waals surface area contributed by atoms with Gasteiger partial charge >= 0.3 is 5.97 Å². The van der Waals surface area contributed by atoms with E-state index in [2.05, 4.69) is 5.32 Å². The van der Waals surface area contributed by atoms with Crippen LogP contribution in [0.15, 0.2) is 29.2 Å². The summed E-state index contributed by atoms with van der Waals surface area (Å²) in [4.78, 5) is 23.8. The van der Waals surface area contributed by atoms with E-state index in [0.29, 0.717) is 19.4 Å². The summed E-state index contributed by atoms with van der Waals surface area (Å²) >= 11 is 1.66. The maximum atomic E-state index is 11.9. The Labute approximate surface area is 121 Å². The molecule has 0 saturated carbocycles. The number of ether oxygens (including phenoxy) is 1. The molecule has 0 bridgehead atoms. The number of nitrogens with one attached hydrogen (secondary N) is 1. The second-order valence-electron chi connectivity index (χ2n) is 4.59. The Morgan fingerprint density at radius 1 is 1.30 bits per heavy atom. The van der Waals surface area contributed by atoms with Crippen molar-refractivity contribution >= 4 is 23.6 Å². The fourth-order valence-electron chi connectivity index (χ4n) is 2.06. The molecule has 0 aliphatic carbocycles. The van der Waals surface area contributed by atoms with Gasteiger partial charge in [-0.1, -0.05) is 12.1 Å². The molecular formula is C14H17NO4S. The van der Waals surface area contributed by atoms with E-state index in [4.69, 9.17) is 9.84 Å². The van der Waals surface area contributed by atoms with Crippen molar-refractivity contribution in [2.24, 2.45) is 0 Å². The van der Waals surface area contributed by atoms with E-state index in [0.717, 1.165) is 5.56 Å². The SMILES string of the molecule is CSc1ccc(CNC(=O)[C@@H]2CC[C@H](C(=O)O)O2)cc1. The predicted octanol–water partition coefficient (Wildman–Crippen LogP) is 1.66. The van der Waals surface area contributed by atoms with Crippen LogP contribution in [-0.4, -0.2) is 35.4 Å². The summed E-state index contributed by atoms with van der Waals surface area (Å²) in [5, 5.41) is 11.6. The predicted molar refractivity (Wildman–Crippen MR) is 75.6 cm³/mol. The van der Waals surface area contributed by atoms with Gasteiger partial charge in [-0.15, -0.1) is 11.8 Å². The molecule has 2 rings (SSSR count). The summed E-state index contributed by atoms with van der Waals surface area (Å²) in [6.45, 7) is 0.422. The molecular weight excluding hydrogens is 278 g/mol. The Balaban J connectivity index is 1.81. The van der Waals surface area contributed by atoms with Gasteiger partial charge in [-0.3, -0.25) is 4.79 Å². The van der Waals surface area contributed by atoms with Gasteiger partial charge in [-0.25, -0.2) is 4.79 Å². The van der Waals surface area contributed by atoms with Gasteiger partial charge < -0.3 is 15.2 Å². The van der Waals surface area contributed by atoms with E-state index < -0.39 is 18.2 Å². The van der Waals surface area contributed by atoms with Crippen molar-refractivity contribution in [3.63, 3.8) is 0 Å². The zero-order chi connectivity index (χ0) is 14.5. The van der Waals surface area contributed by atoms with Crippen molar-refractivity contribution in [1.82, 2.24) is 5.32 Å². The normalized spacial score (nSPS) is 21.6. The molecule has 2 atom stereocenters. The second-order valence-corrected chi connectivity index (χ2v) is 5.47. The van der Waals surface area contributed by atoms with E-state index in [1.165, 1.54) is 4.90 Å². The zero-order valence-electron chi connectivity index (χ0n) is 11.2. The number of thioether (sulfide) groups is 1. The highest BCUT2D eigenvalue weighted by Crippen LogP contribution is 2.20. The van der Waals surface area contributed by atoms with Gasteiger partial charge in [0.05, 0.1) is 0 Å². The molecule has 0 radical (unpaired) electrons. The molecule has 1 aromatic rings. The lowest BCUT2D eigenvalue weighted by Crippen LogP contribution is -2.35. The van der Waals surface area contributed by atoms with E-state index in [1.54, 1.807) is 11.8 Å². The monoisotopic (exact) mass is 295 g/mol. The van der Waals surface area contributed by atoms with Crippen molar-refractivity contribution in [3.8, 4) is 0 Å². The van der Waals surface area contributed by atoms with Crippen LogP contribution >= 0.6 is 11.8 Å². The lowest BCUT2D eigenvalue weighted by molar-refractivity contribution is -0.151. The Kier molecular flexibility index (Phi) is 5.03. The van der Waals surface area contributed by atoms with E-state index >= 15 is 0 Å². The molecule has 108 valence electrons. The standard InChI is InChI=1S/C14H17NO4S/c1-20-10-4-2-9(3-5-10)8-15-13(16)11-6-7-12(19-11)14(17)18/h2-5,11-12H,6-8H2,1H3,(H,15,16)(H,17,18)/t11-,12+/m0/s1. The third-order valence-corrected chi connectivity index (χ3v) is 3.96. The van der Waals surface area contributed by atoms with Crippen molar-refractivity contribution in [2.45, 2.75) is 36.5 Å². The summed E-state index contributed by atoms with van der Waals surface area (Å²) < 4.78 is 5.19. The van der Waals surface area contributed by atoms with Crippen LogP contribution in [0.3, 0.4) is 0 Å². The minimum atomic E-state index is -1.01. The number of carboxylic acids is 1. The molecule has 1 saturated heterocycles. The van der Waals surface area contributed by atoms with Crippen LogP contribution in [-0.2, 0) is 20.9 Å². The molecule has 1 aliphatic rings. The van der Waals surface area contributed by atoms with Crippen LogP contribution in [0.25, 0.3) is 0 Å². The van der Waals surface area contributed by atoms with Gasteiger partial charge in [-0.05, 0) is 36.8 Å². The third kappa shape index (κ3) is 3.74. The first kappa shape index (κ1) is 14.9. The number of aliphatic carboxylic acids is 1. The van der Waals surface area contributed by atoms with Crippen LogP contribution in [0.4, 0.5) is 0 Å². The van der Waals surface area contributed by atoms with Crippen molar-refractivity contribution < 1.29 is 19.4 Å². The van der Waals surface area contributed by atoms with E-state index in [1.807, 2.05) is 30.5 Å². The van der Waals surface area contributed by atoms with Gasteiger partial charge in [0, 0.05) is 11.4 Å². The van der Waals surface area contributed by atoms with Crippen LogP contribution in [0, 0.1) is 0 Å². The largest absolute Gasteiger partial charge is 0.479 e. The molecule has 5 nitrogen and oxygen atoms in total. The zero-order valence-corrected chi connectivity index (χ0v) is 12.0. The average molecular weight is 295 g/mol. The third-order valence-electron chi connectivity index (χ3n) is 3.21. The highest BCUT2D eigenvalue weighted by Gasteiger charge is 2.34. The van der Waals surface area contributed by atoms with Crippen molar-refractivity contribution in [1.29, 1.82) is 0 Å². The lowest BCUT2D eigenvalue weighted by Gasteiger charge is -2.12.